The van der Waals surface area contributed by atoms with Gasteiger partial charge in [0.05, 0.1) is 11.9 Å². The molecule has 0 bridgehead atoms. The molecule has 2 aromatic rings. The van der Waals surface area contributed by atoms with Crippen molar-refractivity contribution in [2.24, 2.45) is 0 Å². The van der Waals surface area contributed by atoms with Crippen LogP contribution in [0.1, 0.15) is 5.76 Å². The zero-order valence-corrected chi connectivity index (χ0v) is 9.86. The first kappa shape index (κ1) is 11.5. The van der Waals surface area contributed by atoms with E-state index in [-0.39, 0.29) is 5.09 Å². The van der Waals surface area contributed by atoms with Crippen LogP contribution in [0.3, 0.4) is 0 Å². The number of pyridine rings is 1. The van der Waals surface area contributed by atoms with Crippen LogP contribution in [-0.4, -0.2) is 13.4 Å². The minimum Gasteiger partial charge on any atom is -0.448 e. The number of hydrogen-bond acceptors (Lipinski definition) is 5. The number of aryl methyl sites for hydroxylation is 1. The molecule has 2 heterocycles. The molecule has 6 nitrogen and oxygen atoms in total. The first-order chi connectivity index (χ1) is 7.97. The summed E-state index contributed by atoms with van der Waals surface area (Å²) in [6, 6.07) is 6.00. The van der Waals surface area contributed by atoms with Crippen molar-refractivity contribution in [2.45, 2.75) is 12.0 Å². The Balaban J connectivity index is 2.26. The number of anilines is 2. The van der Waals surface area contributed by atoms with Gasteiger partial charge in [-0.15, -0.1) is 0 Å². The van der Waals surface area contributed by atoms with Gasteiger partial charge in [-0.05, 0) is 31.2 Å². The Bertz CT molecular complexity index is 617. The van der Waals surface area contributed by atoms with Gasteiger partial charge in [-0.1, -0.05) is 0 Å². The molecule has 0 aliphatic rings. The van der Waals surface area contributed by atoms with Gasteiger partial charge in [0.15, 0.2) is 0 Å². The fourth-order valence-electron chi connectivity index (χ4n) is 1.23. The third-order valence-electron chi connectivity index (χ3n) is 2.02. The molecule has 3 N–H and O–H groups in total. The van der Waals surface area contributed by atoms with E-state index < -0.39 is 10.0 Å². The van der Waals surface area contributed by atoms with Crippen molar-refractivity contribution in [3.05, 3.63) is 36.2 Å². The van der Waals surface area contributed by atoms with Crippen LogP contribution < -0.4 is 10.5 Å². The highest BCUT2D eigenvalue weighted by Gasteiger charge is 2.18. The summed E-state index contributed by atoms with van der Waals surface area (Å²) in [5.74, 6) is 0.850. The summed E-state index contributed by atoms with van der Waals surface area (Å²) < 4.78 is 31.1. The van der Waals surface area contributed by atoms with Gasteiger partial charge in [0, 0.05) is 0 Å². The van der Waals surface area contributed by atoms with Crippen LogP contribution in [0.5, 0.6) is 0 Å². The van der Waals surface area contributed by atoms with Gasteiger partial charge in [-0.25, -0.2) is 4.98 Å². The number of nitrogens with one attached hydrogen (secondary N) is 1. The summed E-state index contributed by atoms with van der Waals surface area (Å²) in [6.07, 6.45) is 1.34. The van der Waals surface area contributed by atoms with E-state index in [1.807, 2.05) is 0 Å². The molecule has 90 valence electrons. The topological polar surface area (TPSA) is 98.2 Å². The second-order valence-electron chi connectivity index (χ2n) is 3.44. The quantitative estimate of drug-likeness (QED) is 0.860. The van der Waals surface area contributed by atoms with Crippen LogP contribution in [0.4, 0.5) is 11.5 Å². The zero-order valence-electron chi connectivity index (χ0n) is 9.04. The lowest BCUT2D eigenvalue weighted by molar-refractivity contribution is 0.430. The van der Waals surface area contributed by atoms with Gasteiger partial charge in [-0.3, -0.25) is 4.72 Å². The van der Waals surface area contributed by atoms with Crippen molar-refractivity contribution in [3.63, 3.8) is 0 Å². The van der Waals surface area contributed by atoms with Crippen molar-refractivity contribution in [2.75, 3.05) is 10.5 Å². The molecule has 2 rings (SSSR count). The van der Waals surface area contributed by atoms with E-state index in [0.717, 1.165) is 0 Å². The molecule has 0 atom stereocenters. The summed E-state index contributed by atoms with van der Waals surface area (Å²) in [7, 11) is -3.70. The average molecular weight is 253 g/mol. The van der Waals surface area contributed by atoms with Crippen LogP contribution in [0.25, 0.3) is 0 Å². The second-order valence-corrected chi connectivity index (χ2v) is 5.06. The number of aromatic nitrogens is 1. The number of nitrogen functional groups attached to an aromatic ring is 1. The Morgan fingerprint density at radius 2 is 2.06 bits per heavy atom. The maximum absolute atomic E-state index is 11.8. The predicted octanol–water partition coefficient (Wildman–Crippen LogP) is 1.37. The molecule has 0 saturated heterocycles. The van der Waals surface area contributed by atoms with Crippen molar-refractivity contribution in [1.29, 1.82) is 0 Å². The Hall–Kier alpha value is -2.02. The normalized spacial score (nSPS) is 11.4. The summed E-state index contributed by atoms with van der Waals surface area (Å²) in [5, 5.41) is -0.133. The van der Waals surface area contributed by atoms with E-state index in [1.54, 1.807) is 13.0 Å². The Labute approximate surface area is 98.5 Å². The molecule has 7 heteroatoms. The van der Waals surface area contributed by atoms with Gasteiger partial charge in [0.25, 0.3) is 10.0 Å². The number of nitrogens with zero attached hydrogens (tertiary/aromatic N) is 1. The molecule has 0 aliphatic carbocycles. The van der Waals surface area contributed by atoms with Gasteiger partial charge in [-0.2, -0.15) is 8.42 Å². The Morgan fingerprint density at radius 1 is 1.29 bits per heavy atom. The SMILES string of the molecule is Cc1ccc(S(=O)(=O)Nc2ccc(N)nc2)o1. The number of furan rings is 1. The molecule has 0 fully saturated rings. The number of sulfonamides is 1. The predicted molar refractivity (Wildman–Crippen MR) is 62.9 cm³/mol. The van der Waals surface area contributed by atoms with Gasteiger partial charge in [0.2, 0.25) is 5.09 Å². The van der Waals surface area contributed by atoms with Gasteiger partial charge in [0.1, 0.15) is 11.6 Å². The molecule has 0 saturated carbocycles. The molecule has 0 aromatic carbocycles. The molecule has 0 unspecified atom stereocenters. The van der Waals surface area contributed by atoms with Crippen molar-refractivity contribution >= 4 is 21.5 Å². The third kappa shape index (κ3) is 2.56. The summed E-state index contributed by atoms with van der Waals surface area (Å²) in [4.78, 5) is 3.78. The lowest BCUT2D eigenvalue weighted by Crippen LogP contribution is -2.12. The molecule has 17 heavy (non-hydrogen) atoms. The average Bonchev–Trinajstić information content (AvgIpc) is 2.69. The number of nitrogens with two attached hydrogens (primary N) is 1. The van der Waals surface area contributed by atoms with E-state index in [4.69, 9.17) is 10.2 Å². The smallest absolute Gasteiger partial charge is 0.295 e. The van der Waals surface area contributed by atoms with Crippen LogP contribution in [0.2, 0.25) is 0 Å². The van der Waals surface area contributed by atoms with Crippen molar-refractivity contribution in [3.8, 4) is 0 Å². The first-order valence-electron chi connectivity index (χ1n) is 4.78. The minimum absolute atomic E-state index is 0.133. The highest BCUT2D eigenvalue weighted by Crippen LogP contribution is 2.17. The van der Waals surface area contributed by atoms with Gasteiger partial charge < -0.3 is 10.2 Å². The molecular weight excluding hydrogens is 242 g/mol. The van der Waals surface area contributed by atoms with Crippen LogP contribution >= 0.6 is 0 Å². The van der Waals surface area contributed by atoms with E-state index in [1.165, 1.54) is 24.4 Å². The minimum atomic E-state index is -3.70. The summed E-state index contributed by atoms with van der Waals surface area (Å²) >= 11 is 0. The molecule has 0 amide bonds. The lowest BCUT2D eigenvalue weighted by Gasteiger charge is -2.04. The van der Waals surface area contributed by atoms with Crippen molar-refractivity contribution in [1.82, 2.24) is 4.98 Å². The fourth-order valence-corrected chi connectivity index (χ4v) is 2.25. The summed E-state index contributed by atoms with van der Waals surface area (Å²) in [6.45, 7) is 1.67. The second kappa shape index (κ2) is 4.10. The largest absolute Gasteiger partial charge is 0.448 e. The highest BCUT2D eigenvalue weighted by molar-refractivity contribution is 7.92. The molecule has 0 radical (unpaired) electrons. The molecule has 2 aromatic heterocycles. The van der Waals surface area contributed by atoms with Gasteiger partial charge >= 0.3 is 0 Å². The lowest BCUT2D eigenvalue weighted by atomic mass is 10.4. The van der Waals surface area contributed by atoms with Crippen LogP contribution in [0, 0.1) is 6.92 Å². The van der Waals surface area contributed by atoms with E-state index in [9.17, 15) is 8.42 Å². The number of rotatable bonds is 3. The van der Waals surface area contributed by atoms with E-state index in [2.05, 4.69) is 9.71 Å². The van der Waals surface area contributed by atoms with Crippen LogP contribution in [0.15, 0.2) is 40.0 Å². The first-order valence-corrected chi connectivity index (χ1v) is 6.26. The zero-order chi connectivity index (χ0) is 12.5. The molecular formula is C10H11N3O3S. The summed E-state index contributed by atoms with van der Waals surface area (Å²) in [5.41, 5.74) is 5.73. The third-order valence-corrected chi connectivity index (χ3v) is 3.27. The Morgan fingerprint density at radius 3 is 2.59 bits per heavy atom. The maximum Gasteiger partial charge on any atom is 0.295 e. The van der Waals surface area contributed by atoms with E-state index >= 15 is 0 Å². The molecule has 0 aliphatic heterocycles. The maximum atomic E-state index is 11.8. The fraction of sp³-hybridized carbons (Fsp3) is 0.100. The van der Waals surface area contributed by atoms with Crippen LogP contribution in [-0.2, 0) is 10.0 Å². The highest BCUT2D eigenvalue weighted by atomic mass is 32.2. The van der Waals surface area contributed by atoms with E-state index in [0.29, 0.717) is 17.3 Å². The monoisotopic (exact) mass is 253 g/mol. The number of hydrogen-bond donors (Lipinski definition) is 2. The Kier molecular flexibility index (Phi) is 2.76. The molecule has 0 spiro atoms. The van der Waals surface area contributed by atoms with Crippen molar-refractivity contribution < 1.29 is 12.8 Å². The standard InChI is InChI=1S/C10H11N3O3S/c1-7-2-5-10(16-7)17(14,15)13-8-3-4-9(11)12-6-8/h2-6,13H,1H3,(H2,11,12).